The molecule has 4 heteroatoms. The summed E-state index contributed by atoms with van der Waals surface area (Å²) in [4.78, 5) is 7.75. The summed E-state index contributed by atoms with van der Waals surface area (Å²) in [5.74, 6) is 1.02. The highest BCUT2D eigenvalue weighted by atomic mass is 79.9. The minimum atomic E-state index is 0.410. The van der Waals surface area contributed by atoms with E-state index in [1.165, 1.54) is 5.56 Å². The highest BCUT2D eigenvalue weighted by Crippen LogP contribution is 2.17. The van der Waals surface area contributed by atoms with E-state index < -0.39 is 0 Å². The molecule has 0 aliphatic carbocycles. The number of imidazole rings is 1. The van der Waals surface area contributed by atoms with Crippen molar-refractivity contribution in [1.29, 1.82) is 0 Å². The van der Waals surface area contributed by atoms with E-state index in [1.807, 2.05) is 12.3 Å². The predicted octanol–water partition coefficient (Wildman–Crippen LogP) is 3.72. The number of hydrogen-bond acceptors (Lipinski definition) is 1. The molecule has 0 saturated heterocycles. The zero-order valence-electron chi connectivity index (χ0n) is 8.66. The van der Waals surface area contributed by atoms with Crippen LogP contribution in [-0.4, -0.2) is 14.8 Å². The van der Waals surface area contributed by atoms with Gasteiger partial charge in [0.15, 0.2) is 0 Å². The lowest BCUT2D eigenvalue weighted by molar-refractivity contribution is 0.813. The van der Waals surface area contributed by atoms with Crippen molar-refractivity contribution in [1.82, 2.24) is 9.97 Å². The maximum absolute atomic E-state index is 4.22. The Bertz CT molecular complexity index is 440. The molecule has 84 valence electrons. The van der Waals surface area contributed by atoms with Gasteiger partial charge in [-0.1, -0.05) is 44.0 Å². The van der Waals surface area contributed by atoms with Gasteiger partial charge in [-0.3, -0.25) is 0 Å². The second-order valence-corrected chi connectivity index (χ2v) is 5.88. The number of alkyl halides is 1. The summed E-state index contributed by atoms with van der Waals surface area (Å²) in [6, 6.07) is 8.39. The molecule has 0 bridgehead atoms. The maximum atomic E-state index is 4.22. The van der Waals surface area contributed by atoms with Gasteiger partial charge in [0.1, 0.15) is 5.82 Å². The molecule has 0 aliphatic rings. The molecule has 1 N–H and O–H groups in total. The van der Waals surface area contributed by atoms with Crippen LogP contribution in [0.4, 0.5) is 0 Å². The zero-order chi connectivity index (χ0) is 11.4. The van der Waals surface area contributed by atoms with Crippen LogP contribution in [0.1, 0.15) is 11.4 Å². The first-order chi connectivity index (χ1) is 7.74. The van der Waals surface area contributed by atoms with Crippen LogP contribution in [-0.2, 0) is 12.8 Å². The smallest absolute Gasteiger partial charge is 0.107 e. The van der Waals surface area contributed by atoms with Gasteiger partial charge in [-0.2, -0.15) is 0 Å². The van der Waals surface area contributed by atoms with Crippen LogP contribution in [0, 0.1) is 0 Å². The molecular weight excluding hydrogens is 332 g/mol. The highest BCUT2D eigenvalue weighted by molar-refractivity contribution is 9.10. The van der Waals surface area contributed by atoms with Crippen LogP contribution in [0.25, 0.3) is 0 Å². The average molecular weight is 344 g/mol. The molecule has 2 rings (SSSR count). The summed E-state index contributed by atoms with van der Waals surface area (Å²) in [7, 11) is 0. The third kappa shape index (κ3) is 3.46. The fourth-order valence-corrected chi connectivity index (χ4v) is 2.74. The molecule has 2 aromatic rings. The van der Waals surface area contributed by atoms with Gasteiger partial charge in [-0.05, 0) is 24.1 Å². The van der Waals surface area contributed by atoms with Crippen LogP contribution >= 0.6 is 31.9 Å². The summed E-state index contributed by atoms with van der Waals surface area (Å²) >= 11 is 7.16. The number of nitrogens with one attached hydrogen (secondary N) is 1. The molecule has 0 radical (unpaired) electrons. The number of H-pyrrole nitrogens is 1. The van der Waals surface area contributed by atoms with Crippen molar-refractivity contribution in [2.75, 3.05) is 0 Å². The van der Waals surface area contributed by atoms with E-state index in [2.05, 4.69) is 60.0 Å². The Kier molecular flexibility index (Phi) is 4.18. The number of nitrogens with zero attached hydrogens (tertiary/aromatic N) is 1. The van der Waals surface area contributed by atoms with E-state index in [9.17, 15) is 0 Å². The second kappa shape index (κ2) is 5.64. The quantitative estimate of drug-likeness (QED) is 0.842. The van der Waals surface area contributed by atoms with Gasteiger partial charge < -0.3 is 4.98 Å². The highest BCUT2D eigenvalue weighted by Gasteiger charge is 2.08. The molecule has 0 spiro atoms. The largest absolute Gasteiger partial charge is 0.349 e. The minimum absolute atomic E-state index is 0.410. The molecule has 1 atom stereocenters. The fourth-order valence-electron chi connectivity index (χ4n) is 1.61. The molecule has 16 heavy (non-hydrogen) atoms. The number of rotatable bonds is 4. The van der Waals surface area contributed by atoms with Crippen molar-refractivity contribution in [3.05, 3.63) is 52.5 Å². The van der Waals surface area contributed by atoms with Gasteiger partial charge in [0.2, 0.25) is 0 Å². The molecule has 1 aromatic heterocycles. The van der Waals surface area contributed by atoms with Crippen LogP contribution in [0.2, 0.25) is 0 Å². The number of aromatic nitrogens is 2. The van der Waals surface area contributed by atoms with Crippen molar-refractivity contribution in [2.45, 2.75) is 17.7 Å². The normalized spacial score (nSPS) is 12.6. The maximum Gasteiger partial charge on any atom is 0.107 e. The molecule has 2 nitrogen and oxygen atoms in total. The number of hydrogen-bond donors (Lipinski definition) is 1. The SMILES string of the molecule is Brc1cccc(CC(Br)Cc2ncc[nH]2)c1. The first-order valence-corrected chi connectivity index (χ1v) is 6.81. The zero-order valence-corrected chi connectivity index (χ0v) is 11.8. The molecular formula is C12H12Br2N2. The standard InChI is InChI=1S/C12H12Br2N2/c13-10-3-1-2-9(6-10)7-11(14)8-12-15-4-5-16-12/h1-6,11H,7-8H2,(H,15,16). The van der Waals surface area contributed by atoms with Crippen molar-refractivity contribution in [3.63, 3.8) is 0 Å². The second-order valence-electron chi connectivity index (χ2n) is 3.67. The van der Waals surface area contributed by atoms with E-state index in [-0.39, 0.29) is 0 Å². The summed E-state index contributed by atoms with van der Waals surface area (Å²) in [6.45, 7) is 0. The summed E-state index contributed by atoms with van der Waals surface area (Å²) in [6.07, 6.45) is 5.56. The summed E-state index contributed by atoms with van der Waals surface area (Å²) in [5.41, 5.74) is 1.32. The first-order valence-electron chi connectivity index (χ1n) is 5.11. The topological polar surface area (TPSA) is 28.7 Å². The number of aromatic amines is 1. The molecule has 0 aliphatic heterocycles. The van der Waals surface area contributed by atoms with Gasteiger partial charge in [0.05, 0.1) is 0 Å². The van der Waals surface area contributed by atoms with Crippen molar-refractivity contribution >= 4 is 31.9 Å². The van der Waals surface area contributed by atoms with Crippen LogP contribution in [0.5, 0.6) is 0 Å². The fraction of sp³-hybridized carbons (Fsp3) is 0.250. The van der Waals surface area contributed by atoms with Gasteiger partial charge in [0.25, 0.3) is 0 Å². The Labute approximate surface area is 112 Å². The monoisotopic (exact) mass is 342 g/mol. The lowest BCUT2D eigenvalue weighted by atomic mass is 10.1. The van der Waals surface area contributed by atoms with Gasteiger partial charge in [0, 0.05) is 28.1 Å². The Hall–Kier alpha value is -0.610. The van der Waals surface area contributed by atoms with Gasteiger partial charge in [-0.15, -0.1) is 0 Å². The van der Waals surface area contributed by atoms with Crippen molar-refractivity contribution in [3.8, 4) is 0 Å². The van der Waals surface area contributed by atoms with E-state index in [0.717, 1.165) is 23.1 Å². The molecule has 0 amide bonds. The van der Waals surface area contributed by atoms with Crippen LogP contribution < -0.4 is 0 Å². The number of benzene rings is 1. The van der Waals surface area contributed by atoms with Crippen LogP contribution in [0.3, 0.4) is 0 Å². The average Bonchev–Trinajstić information content (AvgIpc) is 2.70. The summed E-state index contributed by atoms with van der Waals surface area (Å²) in [5, 5.41) is 0. The Morgan fingerprint density at radius 3 is 2.88 bits per heavy atom. The number of halogens is 2. The van der Waals surface area contributed by atoms with Crippen LogP contribution in [0.15, 0.2) is 41.1 Å². The van der Waals surface area contributed by atoms with E-state index in [1.54, 1.807) is 6.20 Å². The van der Waals surface area contributed by atoms with E-state index >= 15 is 0 Å². The third-order valence-electron chi connectivity index (χ3n) is 2.32. The molecule has 1 heterocycles. The molecule has 1 unspecified atom stereocenters. The lowest BCUT2D eigenvalue weighted by Gasteiger charge is -2.08. The van der Waals surface area contributed by atoms with Crippen molar-refractivity contribution < 1.29 is 0 Å². The van der Waals surface area contributed by atoms with Crippen molar-refractivity contribution in [2.24, 2.45) is 0 Å². The lowest BCUT2D eigenvalue weighted by Crippen LogP contribution is -2.07. The molecule has 1 aromatic carbocycles. The Balaban J connectivity index is 1.94. The Morgan fingerprint density at radius 1 is 1.31 bits per heavy atom. The van der Waals surface area contributed by atoms with E-state index in [0.29, 0.717) is 4.83 Å². The first kappa shape index (κ1) is 11.9. The van der Waals surface area contributed by atoms with Gasteiger partial charge >= 0.3 is 0 Å². The minimum Gasteiger partial charge on any atom is -0.349 e. The molecule has 0 saturated carbocycles. The summed E-state index contributed by atoms with van der Waals surface area (Å²) < 4.78 is 1.13. The van der Waals surface area contributed by atoms with Gasteiger partial charge in [-0.25, -0.2) is 4.98 Å². The van der Waals surface area contributed by atoms with E-state index in [4.69, 9.17) is 0 Å². The third-order valence-corrected chi connectivity index (χ3v) is 3.46. The molecule has 0 fully saturated rings. The Morgan fingerprint density at radius 2 is 2.19 bits per heavy atom. The predicted molar refractivity (Wildman–Crippen MR) is 72.9 cm³/mol.